The highest BCUT2D eigenvalue weighted by molar-refractivity contribution is 5.80. The number of hydrogen-bond donors (Lipinski definition) is 2. The molecule has 1 amide bonds. The zero-order chi connectivity index (χ0) is 15.8. The second kappa shape index (κ2) is 8.52. The van der Waals surface area contributed by atoms with E-state index in [9.17, 15) is 4.79 Å². The van der Waals surface area contributed by atoms with Gasteiger partial charge in [-0.25, -0.2) is 0 Å². The predicted molar refractivity (Wildman–Crippen MR) is 83.4 cm³/mol. The minimum atomic E-state index is -0.509. The van der Waals surface area contributed by atoms with Crippen LogP contribution in [0.4, 0.5) is 0 Å². The van der Waals surface area contributed by atoms with Gasteiger partial charge in [-0.1, -0.05) is 19.9 Å². The summed E-state index contributed by atoms with van der Waals surface area (Å²) in [5.41, 5.74) is 6.44. The normalized spacial score (nSPS) is 12.1. The van der Waals surface area contributed by atoms with Crippen LogP contribution in [0, 0.1) is 5.92 Å². The second-order valence-corrected chi connectivity index (χ2v) is 5.52. The lowest BCUT2D eigenvalue weighted by Crippen LogP contribution is -2.37. The van der Waals surface area contributed by atoms with Gasteiger partial charge in [-0.2, -0.15) is 0 Å². The molecule has 0 saturated heterocycles. The Morgan fingerprint density at radius 3 is 2.57 bits per heavy atom. The molecule has 1 unspecified atom stereocenters. The summed E-state index contributed by atoms with van der Waals surface area (Å²) in [4.78, 5) is 11.5. The van der Waals surface area contributed by atoms with Gasteiger partial charge in [-0.3, -0.25) is 4.79 Å². The first-order valence-corrected chi connectivity index (χ1v) is 7.27. The van der Waals surface area contributed by atoms with Crippen molar-refractivity contribution in [1.29, 1.82) is 0 Å². The van der Waals surface area contributed by atoms with Crippen LogP contribution in [0.2, 0.25) is 0 Å². The van der Waals surface area contributed by atoms with Crippen LogP contribution in [0.25, 0.3) is 0 Å². The lowest BCUT2D eigenvalue weighted by Gasteiger charge is -2.14. The SMILES string of the molecule is COc1cc(CNC(=O)C(C)N)ccc1OCCC(C)C. The molecule has 0 spiro atoms. The fourth-order valence-electron chi connectivity index (χ4n) is 1.70. The Bertz CT molecular complexity index is 459. The monoisotopic (exact) mass is 294 g/mol. The summed E-state index contributed by atoms with van der Waals surface area (Å²) in [7, 11) is 1.61. The molecule has 0 aromatic heterocycles. The van der Waals surface area contributed by atoms with Gasteiger partial charge in [0.15, 0.2) is 11.5 Å². The fourth-order valence-corrected chi connectivity index (χ4v) is 1.70. The molecule has 0 heterocycles. The molecule has 0 radical (unpaired) electrons. The van der Waals surface area contributed by atoms with Gasteiger partial charge in [0, 0.05) is 6.54 Å². The van der Waals surface area contributed by atoms with Crippen LogP contribution in [0.15, 0.2) is 18.2 Å². The highest BCUT2D eigenvalue weighted by atomic mass is 16.5. The van der Waals surface area contributed by atoms with E-state index in [0.717, 1.165) is 17.7 Å². The standard InChI is InChI=1S/C16H26N2O3/c1-11(2)7-8-21-14-6-5-13(9-15(14)20-4)10-18-16(19)12(3)17/h5-6,9,11-12H,7-8,10,17H2,1-4H3,(H,18,19). The van der Waals surface area contributed by atoms with Crippen molar-refractivity contribution < 1.29 is 14.3 Å². The topological polar surface area (TPSA) is 73.6 Å². The number of benzene rings is 1. The first-order valence-electron chi connectivity index (χ1n) is 7.27. The summed E-state index contributed by atoms with van der Waals surface area (Å²) in [6.45, 7) is 7.05. The van der Waals surface area contributed by atoms with Crippen LogP contribution in [-0.2, 0) is 11.3 Å². The van der Waals surface area contributed by atoms with E-state index in [1.54, 1.807) is 14.0 Å². The maximum Gasteiger partial charge on any atom is 0.236 e. The van der Waals surface area contributed by atoms with Crippen LogP contribution in [0.5, 0.6) is 11.5 Å². The zero-order valence-corrected chi connectivity index (χ0v) is 13.3. The summed E-state index contributed by atoms with van der Waals surface area (Å²) >= 11 is 0. The van der Waals surface area contributed by atoms with Crippen molar-refractivity contribution in [2.45, 2.75) is 39.8 Å². The van der Waals surface area contributed by atoms with Crippen LogP contribution in [0.1, 0.15) is 32.8 Å². The average molecular weight is 294 g/mol. The van der Waals surface area contributed by atoms with E-state index in [1.165, 1.54) is 0 Å². The molecular formula is C16H26N2O3. The molecule has 0 aliphatic heterocycles. The Kier molecular flexibility index (Phi) is 7.02. The summed E-state index contributed by atoms with van der Waals surface area (Å²) in [5, 5.41) is 2.77. The van der Waals surface area contributed by atoms with Crippen molar-refractivity contribution >= 4 is 5.91 Å². The number of amides is 1. The van der Waals surface area contributed by atoms with Gasteiger partial charge in [0.1, 0.15) is 0 Å². The van der Waals surface area contributed by atoms with E-state index in [4.69, 9.17) is 15.2 Å². The van der Waals surface area contributed by atoms with Crippen LogP contribution < -0.4 is 20.5 Å². The van der Waals surface area contributed by atoms with Gasteiger partial charge >= 0.3 is 0 Å². The summed E-state index contributed by atoms with van der Waals surface area (Å²) in [5.74, 6) is 1.82. The molecule has 1 aromatic rings. The quantitative estimate of drug-likeness (QED) is 0.770. The van der Waals surface area contributed by atoms with Crippen LogP contribution >= 0.6 is 0 Å². The largest absolute Gasteiger partial charge is 0.493 e. The Labute approximate surface area is 126 Å². The highest BCUT2D eigenvalue weighted by Gasteiger charge is 2.09. The minimum absolute atomic E-state index is 0.175. The number of carbonyl (C=O) groups excluding carboxylic acids is 1. The lowest BCUT2D eigenvalue weighted by molar-refractivity contribution is -0.122. The molecule has 0 bridgehead atoms. The number of rotatable bonds is 8. The lowest BCUT2D eigenvalue weighted by atomic mass is 10.1. The van der Waals surface area contributed by atoms with Crippen LogP contribution in [-0.4, -0.2) is 25.7 Å². The van der Waals surface area contributed by atoms with Gasteiger partial charge < -0.3 is 20.5 Å². The summed E-state index contributed by atoms with van der Waals surface area (Å²) < 4.78 is 11.1. The Hall–Kier alpha value is -1.75. The molecule has 1 rings (SSSR count). The van der Waals surface area contributed by atoms with E-state index in [1.807, 2.05) is 18.2 Å². The molecule has 21 heavy (non-hydrogen) atoms. The van der Waals surface area contributed by atoms with Gasteiger partial charge in [0.25, 0.3) is 0 Å². The molecular weight excluding hydrogens is 268 g/mol. The Morgan fingerprint density at radius 1 is 1.29 bits per heavy atom. The molecule has 5 heteroatoms. The predicted octanol–water partition coefficient (Wildman–Crippen LogP) is 2.08. The number of ether oxygens (including phenoxy) is 2. The smallest absolute Gasteiger partial charge is 0.236 e. The number of nitrogens with two attached hydrogens (primary N) is 1. The van der Waals surface area contributed by atoms with Gasteiger partial charge in [-0.05, 0) is 37.0 Å². The van der Waals surface area contributed by atoms with E-state index in [-0.39, 0.29) is 5.91 Å². The van der Waals surface area contributed by atoms with Crippen molar-refractivity contribution in [1.82, 2.24) is 5.32 Å². The van der Waals surface area contributed by atoms with E-state index in [2.05, 4.69) is 19.2 Å². The minimum Gasteiger partial charge on any atom is -0.493 e. The first-order chi connectivity index (χ1) is 9.93. The summed E-state index contributed by atoms with van der Waals surface area (Å²) in [6.07, 6.45) is 0.995. The van der Waals surface area contributed by atoms with E-state index < -0.39 is 6.04 Å². The van der Waals surface area contributed by atoms with Gasteiger partial charge in [-0.15, -0.1) is 0 Å². The Balaban J connectivity index is 2.63. The molecule has 0 fully saturated rings. The third-order valence-electron chi connectivity index (χ3n) is 3.06. The molecule has 1 aromatic carbocycles. The summed E-state index contributed by atoms with van der Waals surface area (Å²) in [6, 6.07) is 5.14. The third-order valence-corrected chi connectivity index (χ3v) is 3.06. The number of hydrogen-bond acceptors (Lipinski definition) is 4. The number of methoxy groups -OCH3 is 1. The molecule has 0 aliphatic rings. The first kappa shape index (κ1) is 17.3. The zero-order valence-electron chi connectivity index (χ0n) is 13.3. The molecule has 0 aliphatic carbocycles. The van der Waals surface area contributed by atoms with Crippen LogP contribution in [0.3, 0.4) is 0 Å². The van der Waals surface area contributed by atoms with Crippen molar-refractivity contribution in [2.24, 2.45) is 11.7 Å². The van der Waals surface area contributed by atoms with E-state index in [0.29, 0.717) is 24.8 Å². The second-order valence-electron chi connectivity index (χ2n) is 5.52. The third kappa shape index (κ3) is 6.04. The number of nitrogens with one attached hydrogen (secondary N) is 1. The maximum absolute atomic E-state index is 11.5. The highest BCUT2D eigenvalue weighted by Crippen LogP contribution is 2.28. The molecule has 1 atom stereocenters. The van der Waals surface area contributed by atoms with Crippen molar-refractivity contribution in [3.05, 3.63) is 23.8 Å². The van der Waals surface area contributed by atoms with Crippen molar-refractivity contribution in [3.63, 3.8) is 0 Å². The van der Waals surface area contributed by atoms with Gasteiger partial charge in [0.05, 0.1) is 19.8 Å². The molecule has 3 N–H and O–H groups in total. The molecule has 118 valence electrons. The fraction of sp³-hybridized carbons (Fsp3) is 0.562. The Morgan fingerprint density at radius 2 is 2.00 bits per heavy atom. The van der Waals surface area contributed by atoms with E-state index >= 15 is 0 Å². The molecule has 5 nitrogen and oxygen atoms in total. The van der Waals surface area contributed by atoms with Crippen molar-refractivity contribution in [3.8, 4) is 11.5 Å². The maximum atomic E-state index is 11.5. The number of carbonyl (C=O) groups is 1. The van der Waals surface area contributed by atoms with Gasteiger partial charge in [0.2, 0.25) is 5.91 Å². The average Bonchev–Trinajstić information content (AvgIpc) is 2.44. The molecule has 0 saturated carbocycles. The van der Waals surface area contributed by atoms with Crippen molar-refractivity contribution in [2.75, 3.05) is 13.7 Å².